The van der Waals surface area contributed by atoms with Crippen molar-refractivity contribution in [1.82, 2.24) is 4.98 Å². The van der Waals surface area contributed by atoms with Crippen molar-refractivity contribution in [2.24, 2.45) is 0 Å². The molecule has 0 aliphatic heterocycles. The quantitative estimate of drug-likeness (QED) is 0.192. The molecule has 0 unspecified atom stereocenters. The number of non-ortho nitro benzene ring substituents is 1. The number of nitro benzene ring substituents is 1. The van der Waals surface area contributed by atoms with Gasteiger partial charge in [-0.3, -0.25) is 10.1 Å². The van der Waals surface area contributed by atoms with Crippen molar-refractivity contribution < 1.29 is 9.34 Å². The molecule has 0 amide bonds. The molecule has 0 saturated carbocycles. The first-order valence-electron chi connectivity index (χ1n) is 7.56. The first kappa shape index (κ1) is 18.0. The molecule has 0 spiro atoms. The van der Waals surface area contributed by atoms with E-state index in [-0.39, 0.29) is 5.69 Å². The predicted octanol–water partition coefficient (Wildman–Crippen LogP) is 6.02. The number of nitrogens with zero attached hydrogens (tertiary/aromatic N) is 2. The van der Waals surface area contributed by atoms with E-state index in [1.165, 1.54) is 23.5 Å². The maximum Gasteiger partial charge on any atom is 0.346 e. The van der Waals surface area contributed by atoms with Crippen molar-refractivity contribution in [1.29, 1.82) is 0 Å². The zero-order valence-corrected chi connectivity index (χ0v) is 17.3. The van der Waals surface area contributed by atoms with Gasteiger partial charge in [0.05, 0.1) is 20.7 Å². The number of halogens is 2. The molecule has 27 heavy (non-hydrogen) atoms. The molecular formula is C18H8Br2N2O4S. The van der Waals surface area contributed by atoms with Gasteiger partial charge in [0, 0.05) is 32.9 Å². The Labute approximate surface area is 172 Å². The smallest absolute Gasteiger partial charge is 0.346 e. The molecule has 0 fully saturated rings. The van der Waals surface area contributed by atoms with E-state index in [0.29, 0.717) is 26.3 Å². The molecule has 6 nitrogen and oxygen atoms in total. The second-order valence-electron chi connectivity index (χ2n) is 5.60. The molecule has 0 radical (unpaired) electrons. The Morgan fingerprint density at radius 3 is 2.56 bits per heavy atom. The number of hydrogen-bond acceptors (Lipinski definition) is 6. The molecule has 4 rings (SSSR count). The molecule has 0 N–H and O–H groups in total. The van der Waals surface area contributed by atoms with Gasteiger partial charge in [-0.25, -0.2) is 9.78 Å². The number of nitro groups is 1. The maximum atomic E-state index is 12.4. The van der Waals surface area contributed by atoms with Crippen molar-refractivity contribution in [3.05, 3.63) is 77.3 Å². The maximum absolute atomic E-state index is 12.4. The SMILES string of the molecule is O=c1oc2c(Br)cc(Br)cc2cc1-c1nc(-c2ccc([N+](=O)[O-])cc2)cs1. The van der Waals surface area contributed by atoms with E-state index >= 15 is 0 Å². The zero-order chi connectivity index (χ0) is 19.1. The van der Waals surface area contributed by atoms with Gasteiger partial charge < -0.3 is 4.42 Å². The van der Waals surface area contributed by atoms with E-state index in [9.17, 15) is 14.9 Å². The van der Waals surface area contributed by atoms with E-state index in [1.54, 1.807) is 29.6 Å². The third-order valence-electron chi connectivity index (χ3n) is 3.86. The van der Waals surface area contributed by atoms with Crippen LogP contribution in [0.15, 0.2) is 66.0 Å². The Hall–Kier alpha value is -2.36. The van der Waals surface area contributed by atoms with Crippen LogP contribution in [0.25, 0.3) is 32.8 Å². The first-order chi connectivity index (χ1) is 12.9. The fraction of sp³-hybridized carbons (Fsp3) is 0. The lowest BCUT2D eigenvalue weighted by molar-refractivity contribution is -0.384. The Morgan fingerprint density at radius 2 is 1.85 bits per heavy atom. The van der Waals surface area contributed by atoms with Gasteiger partial charge in [0.1, 0.15) is 5.01 Å². The third kappa shape index (κ3) is 3.45. The van der Waals surface area contributed by atoms with Crippen LogP contribution in [-0.2, 0) is 0 Å². The van der Waals surface area contributed by atoms with Crippen LogP contribution in [0.2, 0.25) is 0 Å². The van der Waals surface area contributed by atoms with Crippen LogP contribution in [0, 0.1) is 10.1 Å². The molecule has 0 aliphatic rings. The minimum Gasteiger partial charge on any atom is -0.421 e. The Morgan fingerprint density at radius 1 is 1.11 bits per heavy atom. The normalized spacial score (nSPS) is 11.0. The molecule has 9 heteroatoms. The van der Waals surface area contributed by atoms with Gasteiger partial charge in [0.15, 0.2) is 5.58 Å². The molecule has 2 aromatic carbocycles. The first-order valence-corrected chi connectivity index (χ1v) is 10.0. The summed E-state index contributed by atoms with van der Waals surface area (Å²) >= 11 is 8.12. The molecule has 2 heterocycles. The van der Waals surface area contributed by atoms with Crippen LogP contribution in [0.4, 0.5) is 5.69 Å². The molecule has 2 aromatic heterocycles. The lowest BCUT2D eigenvalue weighted by Crippen LogP contribution is -2.02. The summed E-state index contributed by atoms with van der Waals surface area (Å²) in [5, 5.41) is 13.9. The largest absolute Gasteiger partial charge is 0.421 e. The van der Waals surface area contributed by atoms with Crippen molar-refractivity contribution in [3.63, 3.8) is 0 Å². The number of aromatic nitrogens is 1. The molecular weight excluding hydrogens is 500 g/mol. The summed E-state index contributed by atoms with van der Waals surface area (Å²) in [6, 6.07) is 11.5. The van der Waals surface area contributed by atoms with E-state index in [1.807, 2.05) is 6.07 Å². The molecule has 0 atom stereocenters. The van der Waals surface area contributed by atoms with Gasteiger partial charge in [-0.1, -0.05) is 15.9 Å². The van der Waals surface area contributed by atoms with Gasteiger partial charge in [0.2, 0.25) is 0 Å². The van der Waals surface area contributed by atoms with Crippen LogP contribution in [-0.4, -0.2) is 9.91 Å². The summed E-state index contributed by atoms with van der Waals surface area (Å²) < 4.78 is 6.99. The summed E-state index contributed by atoms with van der Waals surface area (Å²) in [6.07, 6.45) is 0. The van der Waals surface area contributed by atoms with Crippen LogP contribution >= 0.6 is 43.2 Å². The van der Waals surface area contributed by atoms with Gasteiger partial charge in [0.25, 0.3) is 5.69 Å². The van der Waals surface area contributed by atoms with E-state index in [0.717, 1.165) is 15.4 Å². The van der Waals surface area contributed by atoms with E-state index in [4.69, 9.17) is 4.42 Å². The number of fused-ring (bicyclic) bond motifs is 1. The van der Waals surface area contributed by atoms with Crippen molar-refractivity contribution in [2.75, 3.05) is 0 Å². The summed E-state index contributed by atoms with van der Waals surface area (Å²) in [5.41, 5.74) is 1.75. The minimum absolute atomic E-state index is 0.0144. The Balaban J connectivity index is 1.78. The number of thiazole rings is 1. The monoisotopic (exact) mass is 506 g/mol. The molecule has 0 aliphatic carbocycles. The number of hydrogen-bond donors (Lipinski definition) is 0. The van der Waals surface area contributed by atoms with Crippen LogP contribution < -0.4 is 5.63 Å². The summed E-state index contributed by atoms with van der Waals surface area (Å²) in [7, 11) is 0. The molecule has 0 bridgehead atoms. The molecule has 4 aromatic rings. The minimum atomic E-state index is -0.477. The summed E-state index contributed by atoms with van der Waals surface area (Å²) in [4.78, 5) is 27.3. The van der Waals surface area contributed by atoms with Crippen molar-refractivity contribution in [3.8, 4) is 21.8 Å². The molecule has 0 saturated heterocycles. The molecule has 134 valence electrons. The Kier molecular flexibility index (Phi) is 4.67. The second kappa shape index (κ2) is 6.99. The highest BCUT2D eigenvalue weighted by Gasteiger charge is 2.15. The highest BCUT2D eigenvalue weighted by atomic mass is 79.9. The van der Waals surface area contributed by atoms with Crippen molar-refractivity contribution >= 4 is 59.9 Å². The Bertz CT molecular complexity index is 1250. The van der Waals surface area contributed by atoms with Gasteiger partial charge >= 0.3 is 5.63 Å². The third-order valence-corrected chi connectivity index (χ3v) is 5.78. The summed E-state index contributed by atoms with van der Waals surface area (Å²) in [5.74, 6) is 0. The van der Waals surface area contributed by atoms with Gasteiger partial charge in [-0.2, -0.15) is 0 Å². The summed E-state index contributed by atoms with van der Waals surface area (Å²) in [6.45, 7) is 0. The highest BCUT2D eigenvalue weighted by molar-refractivity contribution is 9.11. The van der Waals surface area contributed by atoms with Gasteiger partial charge in [-0.15, -0.1) is 11.3 Å². The topological polar surface area (TPSA) is 86.2 Å². The zero-order valence-electron chi connectivity index (χ0n) is 13.3. The number of benzene rings is 2. The second-order valence-corrected chi connectivity index (χ2v) is 8.22. The van der Waals surface area contributed by atoms with Crippen LogP contribution in [0.1, 0.15) is 0 Å². The van der Waals surface area contributed by atoms with E-state index < -0.39 is 10.5 Å². The fourth-order valence-electron chi connectivity index (χ4n) is 2.59. The van der Waals surface area contributed by atoms with Crippen molar-refractivity contribution in [2.45, 2.75) is 0 Å². The lowest BCUT2D eigenvalue weighted by Gasteiger charge is -2.03. The average molecular weight is 508 g/mol. The average Bonchev–Trinajstić information content (AvgIpc) is 3.12. The predicted molar refractivity (Wildman–Crippen MR) is 111 cm³/mol. The highest BCUT2D eigenvalue weighted by Crippen LogP contribution is 2.32. The van der Waals surface area contributed by atoms with Crippen LogP contribution in [0.5, 0.6) is 0 Å². The number of rotatable bonds is 3. The standard InChI is InChI=1S/C18H8Br2N2O4S/c19-11-5-10-6-13(18(23)26-16(10)14(20)7-11)17-21-15(8-27-17)9-1-3-12(4-2-9)22(24)25/h1-8H. The van der Waals surface area contributed by atoms with Gasteiger partial charge in [-0.05, 0) is 46.3 Å². The van der Waals surface area contributed by atoms with E-state index in [2.05, 4.69) is 36.8 Å². The fourth-order valence-corrected chi connectivity index (χ4v) is 4.76. The van der Waals surface area contributed by atoms with Crippen LogP contribution in [0.3, 0.4) is 0 Å². The lowest BCUT2D eigenvalue weighted by atomic mass is 10.1.